The maximum atomic E-state index is 12.6. The Kier molecular flexibility index (Phi) is 4.63. The SMILES string of the molecule is C=C(C1=CC2CCCC(C1)N2C(=O)OC(C)(C)C)[Si](C)(C)C. The van der Waals surface area contributed by atoms with Crippen LogP contribution in [0.5, 0.6) is 0 Å². The lowest BCUT2D eigenvalue weighted by Crippen LogP contribution is -2.53. The molecule has 1 amide bonds. The van der Waals surface area contributed by atoms with Gasteiger partial charge in [0.05, 0.1) is 14.1 Å². The minimum Gasteiger partial charge on any atom is -0.444 e. The van der Waals surface area contributed by atoms with Crippen molar-refractivity contribution < 1.29 is 9.53 Å². The molecular weight excluding hydrogens is 290 g/mol. The molecule has 0 aromatic heterocycles. The first-order valence-electron chi connectivity index (χ1n) is 8.41. The summed E-state index contributed by atoms with van der Waals surface area (Å²) in [6.45, 7) is 17.2. The van der Waals surface area contributed by atoms with Crippen molar-refractivity contribution in [2.24, 2.45) is 0 Å². The molecule has 0 aliphatic carbocycles. The number of nitrogens with zero attached hydrogens (tertiary/aromatic N) is 1. The molecule has 0 saturated carbocycles. The number of carbonyl (C=O) groups is 1. The van der Waals surface area contributed by atoms with E-state index in [-0.39, 0.29) is 18.2 Å². The molecule has 0 spiro atoms. The van der Waals surface area contributed by atoms with Gasteiger partial charge in [-0.25, -0.2) is 4.79 Å². The Morgan fingerprint density at radius 3 is 2.45 bits per heavy atom. The molecule has 0 aromatic rings. The van der Waals surface area contributed by atoms with Crippen LogP contribution >= 0.6 is 0 Å². The van der Waals surface area contributed by atoms with Gasteiger partial charge in [0.15, 0.2) is 0 Å². The zero-order chi connectivity index (χ0) is 16.7. The summed E-state index contributed by atoms with van der Waals surface area (Å²) in [6, 6.07) is 0.465. The maximum absolute atomic E-state index is 12.6. The van der Waals surface area contributed by atoms with Gasteiger partial charge in [-0.15, -0.1) is 0 Å². The van der Waals surface area contributed by atoms with Crippen LogP contribution in [0.4, 0.5) is 4.79 Å². The number of amides is 1. The monoisotopic (exact) mass is 321 g/mol. The van der Waals surface area contributed by atoms with Crippen LogP contribution in [-0.4, -0.2) is 36.8 Å². The molecule has 3 nitrogen and oxygen atoms in total. The third-order valence-electron chi connectivity index (χ3n) is 4.53. The number of hydrogen-bond donors (Lipinski definition) is 0. The second kappa shape index (κ2) is 5.87. The molecule has 2 bridgehead atoms. The Bertz CT molecular complexity index is 496. The van der Waals surface area contributed by atoms with Gasteiger partial charge in [-0.2, -0.15) is 0 Å². The van der Waals surface area contributed by atoms with Crippen LogP contribution in [0.2, 0.25) is 19.6 Å². The van der Waals surface area contributed by atoms with Gasteiger partial charge < -0.3 is 4.74 Å². The Morgan fingerprint density at radius 2 is 1.95 bits per heavy atom. The summed E-state index contributed by atoms with van der Waals surface area (Å²) in [4.78, 5) is 14.5. The Morgan fingerprint density at radius 1 is 1.32 bits per heavy atom. The molecule has 2 rings (SSSR count). The minimum absolute atomic E-state index is 0.156. The van der Waals surface area contributed by atoms with Crippen molar-refractivity contribution in [3.63, 3.8) is 0 Å². The Balaban J connectivity index is 2.22. The van der Waals surface area contributed by atoms with Gasteiger partial charge in [0.2, 0.25) is 0 Å². The second-order valence-corrected chi connectivity index (χ2v) is 13.8. The first-order chi connectivity index (χ1) is 9.99. The van der Waals surface area contributed by atoms with Crippen molar-refractivity contribution in [1.29, 1.82) is 0 Å². The van der Waals surface area contributed by atoms with E-state index in [4.69, 9.17) is 4.74 Å². The predicted molar refractivity (Wildman–Crippen MR) is 94.7 cm³/mol. The molecule has 2 unspecified atom stereocenters. The van der Waals surface area contributed by atoms with Crippen LogP contribution in [0.1, 0.15) is 46.5 Å². The second-order valence-electron chi connectivity index (χ2n) is 8.66. The van der Waals surface area contributed by atoms with Crippen molar-refractivity contribution in [1.82, 2.24) is 4.90 Å². The number of fused-ring (bicyclic) bond motifs is 2. The van der Waals surface area contributed by atoms with E-state index in [1.54, 1.807) is 0 Å². The van der Waals surface area contributed by atoms with E-state index in [9.17, 15) is 4.79 Å². The van der Waals surface area contributed by atoms with Crippen LogP contribution < -0.4 is 0 Å². The highest BCUT2D eigenvalue weighted by Gasteiger charge is 2.40. The van der Waals surface area contributed by atoms with Crippen molar-refractivity contribution in [2.45, 2.75) is 83.8 Å². The van der Waals surface area contributed by atoms with Crippen LogP contribution in [0.25, 0.3) is 0 Å². The summed E-state index contributed by atoms with van der Waals surface area (Å²) in [6.07, 6.45) is 6.39. The van der Waals surface area contributed by atoms with E-state index < -0.39 is 13.7 Å². The van der Waals surface area contributed by atoms with Gasteiger partial charge in [-0.3, -0.25) is 4.90 Å². The Hall–Kier alpha value is -1.03. The summed E-state index contributed by atoms with van der Waals surface area (Å²) in [7, 11) is -1.38. The summed E-state index contributed by atoms with van der Waals surface area (Å²) in [5.74, 6) is 0. The topological polar surface area (TPSA) is 29.5 Å². The molecule has 0 aromatic carbocycles. The van der Waals surface area contributed by atoms with Crippen molar-refractivity contribution in [3.05, 3.63) is 23.4 Å². The van der Waals surface area contributed by atoms with Crippen molar-refractivity contribution in [2.75, 3.05) is 0 Å². The predicted octanol–water partition coefficient (Wildman–Crippen LogP) is 4.91. The van der Waals surface area contributed by atoms with Gasteiger partial charge in [0.25, 0.3) is 0 Å². The molecule has 2 heterocycles. The lowest BCUT2D eigenvalue weighted by Gasteiger charge is -2.46. The van der Waals surface area contributed by atoms with E-state index >= 15 is 0 Å². The normalized spacial score (nSPS) is 25.5. The molecule has 2 aliphatic rings. The fourth-order valence-corrected chi connectivity index (χ4v) is 4.48. The molecule has 22 heavy (non-hydrogen) atoms. The summed E-state index contributed by atoms with van der Waals surface area (Å²) < 4.78 is 5.62. The van der Waals surface area contributed by atoms with Crippen LogP contribution in [0.3, 0.4) is 0 Å². The lowest BCUT2D eigenvalue weighted by molar-refractivity contribution is -0.00118. The number of rotatable bonds is 2. The Labute approximate surface area is 136 Å². The van der Waals surface area contributed by atoms with Crippen molar-refractivity contribution in [3.8, 4) is 0 Å². The molecule has 2 aliphatic heterocycles. The highest BCUT2D eigenvalue weighted by Crippen LogP contribution is 2.38. The van der Waals surface area contributed by atoms with Crippen LogP contribution in [0.15, 0.2) is 23.4 Å². The summed E-state index contributed by atoms with van der Waals surface area (Å²) in [5.41, 5.74) is 0.964. The largest absolute Gasteiger partial charge is 0.444 e. The highest BCUT2D eigenvalue weighted by atomic mass is 28.3. The van der Waals surface area contributed by atoms with Gasteiger partial charge >= 0.3 is 6.09 Å². The summed E-state index contributed by atoms with van der Waals surface area (Å²) >= 11 is 0. The van der Waals surface area contributed by atoms with Gasteiger partial charge in [-0.05, 0) is 52.0 Å². The average Bonchev–Trinajstić information content (AvgIpc) is 2.32. The van der Waals surface area contributed by atoms with E-state index in [0.29, 0.717) is 0 Å². The number of ether oxygens (including phenoxy) is 1. The third kappa shape index (κ3) is 3.83. The number of piperidine rings is 1. The minimum atomic E-state index is -1.38. The van der Waals surface area contributed by atoms with Crippen LogP contribution in [0, 0.1) is 0 Å². The standard InChI is InChI=1S/C18H31NO2Si/c1-13(22(5,6)7)14-11-15-9-8-10-16(12-14)19(15)17(20)21-18(2,3)4/h11,15-16H,1,8-10,12H2,2-7H3. The van der Waals surface area contributed by atoms with E-state index in [2.05, 4.69) is 32.3 Å². The fraction of sp³-hybridized carbons (Fsp3) is 0.722. The number of hydrogen-bond acceptors (Lipinski definition) is 2. The number of allylic oxidation sites excluding steroid dienone is 1. The average molecular weight is 322 g/mol. The zero-order valence-corrected chi connectivity index (χ0v) is 16.0. The summed E-state index contributed by atoms with van der Waals surface area (Å²) in [5, 5.41) is 1.34. The molecule has 2 atom stereocenters. The van der Waals surface area contributed by atoms with Gasteiger partial charge in [-0.1, -0.05) is 37.5 Å². The van der Waals surface area contributed by atoms with Gasteiger partial charge in [0, 0.05) is 6.04 Å². The molecule has 0 radical (unpaired) electrons. The molecule has 4 heteroatoms. The smallest absolute Gasteiger partial charge is 0.411 e. The van der Waals surface area contributed by atoms with Gasteiger partial charge in [0.1, 0.15) is 5.60 Å². The lowest BCUT2D eigenvalue weighted by atomic mass is 9.85. The fourth-order valence-electron chi connectivity index (χ4n) is 3.33. The maximum Gasteiger partial charge on any atom is 0.411 e. The molecular formula is C18H31NO2Si. The van der Waals surface area contributed by atoms with E-state index in [1.807, 2.05) is 25.7 Å². The number of carbonyl (C=O) groups excluding carboxylic acids is 1. The third-order valence-corrected chi connectivity index (χ3v) is 6.67. The zero-order valence-electron chi connectivity index (χ0n) is 15.0. The molecule has 1 fully saturated rings. The van der Waals surface area contributed by atoms with Crippen LogP contribution in [-0.2, 0) is 4.74 Å². The first-order valence-corrected chi connectivity index (χ1v) is 11.9. The molecule has 124 valence electrons. The molecule has 0 N–H and O–H groups in total. The van der Waals surface area contributed by atoms with E-state index in [1.165, 1.54) is 17.2 Å². The quantitative estimate of drug-likeness (QED) is 0.676. The molecule has 1 saturated heterocycles. The van der Waals surface area contributed by atoms with Crippen molar-refractivity contribution >= 4 is 14.2 Å². The first kappa shape index (κ1) is 17.3. The highest BCUT2D eigenvalue weighted by molar-refractivity contribution is 6.83. The van der Waals surface area contributed by atoms with E-state index in [0.717, 1.165) is 19.3 Å².